The van der Waals surface area contributed by atoms with Crippen LogP contribution in [0.5, 0.6) is 0 Å². The predicted molar refractivity (Wildman–Crippen MR) is 69.3 cm³/mol. The van der Waals surface area contributed by atoms with Crippen LogP contribution >= 0.6 is 0 Å². The van der Waals surface area contributed by atoms with E-state index in [0.29, 0.717) is 23.4 Å². The summed E-state index contributed by atoms with van der Waals surface area (Å²) in [7, 11) is 0. The molecule has 0 unspecified atom stereocenters. The number of hydrogen-bond acceptors (Lipinski definition) is 4. The number of carbonyl (C=O) groups is 2. The van der Waals surface area contributed by atoms with E-state index in [-0.39, 0.29) is 5.78 Å². The summed E-state index contributed by atoms with van der Waals surface area (Å²) in [6.45, 7) is 6.05. The topological polar surface area (TPSA) is 67.8 Å². The SMILES string of the molecule is CCCCNC(=O)ON=C1C=C(C)C(=O)C=C1C. The Morgan fingerprint density at radius 2 is 2.06 bits per heavy atom. The molecule has 5 heteroatoms. The normalized spacial score (nSPS) is 17.3. The van der Waals surface area contributed by atoms with Gasteiger partial charge in [-0.05, 0) is 43.6 Å². The van der Waals surface area contributed by atoms with Crippen molar-refractivity contribution >= 4 is 17.6 Å². The second-order valence-corrected chi connectivity index (χ2v) is 4.15. The zero-order chi connectivity index (χ0) is 13.5. The van der Waals surface area contributed by atoms with E-state index < -0.39 is 6.09 Å². The molecule has 0 aromatic carbocycles. The Kier molecular flexibility index (Phi) is 5.30. The molecule has 1 aliphatic rings. The van der Waals surface area contributed by atoms with Crippen LogP contribution < -0.4 is 5.32 Å². The van der Waals surface area contributed by atoms with E-state index in [4.69, 9.17) is 4.84 Å². The van der Waals surface area contributed by atoms with Crippen molar-refractivity contribution in [3.05, 3.63) is 23.3 Å². The van der Waals surface area contributed by atoms with Crippen molar-refractivity contribution in [3.63, 3.8) is 0 Å². The third-order valence-electron chi connectivity index (χ3n) is 2.52. The molecular weight excluding hydrogens is 232 g/mol. The third kappa shape index (κ3) is 4.16. The maximum atomic E-state index is 11.3. The molecule has 0 saturated heterocycles. The van der Waals surface area contributed by atoms with Gasteiger partial charge in [0.15, 0.2) is 5.78 Å². The summed E-state index contributed by atoms with van der Waals surface area (Å²) < 4.78 is 0. The highest BCUT2D eigenvalue weighted by atomic mass is 16.7. The molecule has 0 aromatic rings. The Morgan fingerprint density at radius 3 is 2.72 bits per heavy atom. The van der Waals surface area contributed by atoms with Crippen LogP contribution in [-0.2, 0) is 9.63 Å². The summed E-state index contributed by atoms with van der Waals surface area (Å²) in [5.74, 6) is -0.0427. The molecule has 0 atom stereocenters. The number of rotatable bonds is 4. The Morgan fingerprint density at radius 1 is 1.33 bits per heavy atom. The Hall–Kier alpha value is -1.91. The Bertz CT molecular complexity index is 434. The second kappa shape index (κ2) is 6.74. The number of ketones is 1. The van der Waals surface area contributed by atoms with Crippen LogP contribution in [0, 0.1) is 0 Å². The van der Waals surface area contributed by atoms with E-state index >= 15 is 0 Å². The van der Waals surface area contributed by atoms with Gasteiger partial charge in [-0.25, -0.2) is 4.79 Å². The highest BCUT2D eigenvalue weighted by Gasteiger charge is 2.13. The lowest BCUT2D eigenvalue weighted by Crippen LogP contribution is -2.24. The molecule has 5 nitrogen and oxygen atoms in total. The quantitative estimate of drug-likeness (QED) is 0.360. The Balaban J connectivity index is 2.54. The van der Waals surface area contributed by atoms with Crippen molar-refractivity contribution < 1.29 is 14.4 Å². The number of hydrogen-bond donors (Lipinski definition) is 1. The summed E-state index contributed by atoms with van der Waals surface area (Å²) in [4.78, 5) is 27.3. The van der Waals surface area contributed by atoms with Crippen molar-refractivity contribution in [2.24, 2.45) is 5.16 Å². The molecule has 0 fully saturated rings. The minimum atomic E-state index is -0.577. The van der Waals surface area contributed by atoms with Crippen LogP contribution in [-0.4, -0.2) is 24.1 Å². The highest BCUT2D eigenvalue weighted by molar-refractivity contribution is 6.21. The first-order chi connectivity index (χ1) is 8.54. The zero-order valence-electron chi connectivity index (χ0n) is 10.9. The molecule has 1 amide bonds. The smallest absolute Gasteiger partial charge is 0.320 e. The molecule has 0 aliphatic heterocycles. The van der Waals surface area contributed by atoms with Crippen molar-refractivity contribution in [2.45, 2.75) is 33.6 Å². The van der Waals surface area contributed by atoms with E-state index in [1.807, 2.05) is 6.92 Å². The summed E-state index contributed by atoms with van der Waals surface area (Å²) >= 11 is 0. The largest absolute Gasteiger partial charge is 0.433 e. The van der Waals surface area contributed by atoms with Gasteiger partial charge in [0, 0.05) is 6.54 Å². The number of nitrogens with one attached hydrogen (secondary N) is 1. The molecule has 0 bridgehead atoms. The molecule has 0 heterocycles. The van der Waals surface area contributed by atoms with Gasteiger partial charge < -0.3 is 5.32 Å². The maximum absolute atomic E-state index is 11.3. The van der Waals surface area contributed by atoms with Crippen LogP contribution in [0.2, 0.25) is 0 Å². The minimum Gasteiger partial charge on any atom is -0.320 e. The van der Waals surface area contributed by atoms with Crippen LogP contribution in [0.25, 0.3) is 0 Å². The molecule has 1 rings (SSSR count). The van der Waals surface area contributed by atoms with E-state index in [0.717, 1.165) is 12.8 Å². The number of nitrogens with zero attached hydrogens (tertiary/aromatic N) is 1. The molecule has 18 heavy (non-hydrogen) atoms. The molecule has 98 valence electrons. The fourth-order valence-electron chi connectivity index (χ4n) is 1.36. The predicted octanol–water partition coefficient (Wildman–Crippen LogP) is 2.34. The first kappa shape index (κ1) is 14.2. The first-order valence-electron chi connectivity index (χ1n) is 5.98. The number of unbranched alkanes of at least 4 members (excludes halogenated alkanes) is 1. The number of amides is 1. The fourth-order valence-corrected chi connectivity index (χ4v) is 1.36. The first-order valence-corrected chi connectivity index (χ1v) is 5.98. The Labute approximate surface area is 107 Å². The maximum Gasteiger partial charge on any atom is 0.433 e. The zero-order valence-corrected chi connectivity index (χ0v) is 10.9. The summed E-state index contributed by atoms with van der Waals surface area (Å²) in [6, 6.07) is 0. The van der Waals surface area contributed by atoms with E-state index in [2.05, 4.69) is 10.5 Å². The van der Waals surface area contributed by atoms with E-state index in [1.165, 1.54) is 6.08 Å². The van der Waals surface area contributed by atoms with E-state index in [1.54, 1.807) is 19.9 Å². The third-order valence-corrected chi connectivity index (χ3v) is 2.52. The van der Waals surface area contributed by atoms with Crippen molar-refractivity contribution in [1.82, 2.24) is 5.32 Å². The average molecular weight is 250 g/mol. The van der Waals surface area contributed by atoms with Gasteiger partial charge in [-0.15, -0.1) is 0 Å². The van der Waals surface area contributed by atoms with Gasteiger partial charge in [0.1, 0.15) is 5.71 Å². The standard InChI is InChI=1S/C13H18N2O3/c1-4-5-6-14-13(17)18-15-11-7-10(3)12(16)8-9(11)2/h7-8H,4-6H2,1-3H3,(H,14,17). The van der Waals surface area contributed by atoms with Crippen molar-refractivity contribution in [1.29, 1.82) is 0 Å². The van der Waals surface area contributed by atoms with Crippen molar-refractivity contribution in [3.8, 4) is 0 Å². The average Bonchev–Trinajstić information content (AvgIpc) is 2.32. The van der Waals surface area contributed by atoms with Gasteiger partial charge in [0.05, 0.1) is 0 Å². The minimum absolute atomic E-state index is 0.0427. The lowest BCUT2D eigenvalue weighted by molar-refractivity contribution is -0.111. The van der Waals surface area contributed by atoms with Crippen LogP contribution in [0.3, 0.4) is 0 Å². The summed E-state index contributed by atoms with van der Waals surface area (Å²) in [5, 5.41) is 6.32. The highest BCUT2D eigenvalue weighted by Crippen LogP contribution is 2.12. The van der Waals surface area contributed by atoms with Gasteiger partial charge in [0.2, 0.25) is 0 Å². The molecule has 0 spiro atoms. The van der Waals surface area contributed by atoms with Gasteiger partial charge in [-0.3, -0.25) is 9.63 Å². The number of allylic oxidation sites excluding steroid dienone is 4. The monoisotopic (exact) mass is 250 g/mol. The second-order valence-electron chi connectivity index (χ2n) is 4.15. The van der Waals surface area contributed by atoms with E-state index in [9.17, 15) is 9.59 Å². The number of carbonyl (C=O) groups excluding carboxylic acids is 2. The molecule has 1 N–H and O–H groups in total. The van der Waals surface area contributed by atoms with Gasteiger partial charge in [0.25, 0.3) is 0 Å². The van der Waals surface area contributed by atoms with Crippen molar-refractivity contribution in [2.75, 3.05) is 6.54 Å². The number of oxime groups is 1. The van der Waals surface area contributed by atoms with Crippen LogP contribution in [0.15, 0.2) is 28.5 Å². The lowest BCUT2D eigenvalue weighted by Gasteiger charge is -2.08. The fraction of sp³-hybridized carbons (Fsp3) is 0.462. The molecule has 0 saturated carbocycles. The molecule has 0 aromatic heterocycles. The lowest BCUT2D eigenvalue weighted by atomic mass is 9.99. The van der Waals surface area contributed by atoms with Crippen LogP contribution in [0.1, 0.15) is 33.6 Å². The van der Waals surface area contributed by atoms with Gasteiger partial charge in [-0.1, -0.05) is 18.5 Å². The molecule has 1 aliphatic carbocycles. The van der Waals surface area contributed by atoms with Crippen LogP contribution in [0.4, 0.5) is 4.79 Å². The summed E-state index contributed by atoms with van der Waals surface area (Å²) in [5.41, 5.74) is 1.76. The molecule has 0 radical (unpaired) electrons. The molecular formula is C13H18N2O3. The van der Waals surface area contributed by atoms with Gasteiger partial charge >= 0.3 is 6.09 Å². The summed E-state index contributed by atoms with van der Waals surface area (Å²) in [6.07, 6.45) is 4.41. The van der Waals surface area contributed by atoms with Gasteiger partial charge in [-0.2, -0.15) is 0 Å².